The van der Waals surface area contributed by atoms with Crippen molar-refractivity contribution < 1.29 is 23.8 Å². The highest BCUT2D eigenvalue weighted by Crippen LogP contribution is 2.42. The summed E-state index contributed by atoms with van der Waals surface area (Å²) in [5, 5.41) is 19.6. The Balaban J connectivity index is 1.71. The average Bonchev–Trinajstić information content (AvgIpc) is 2.79. The Morgan fingerprint density at radius 2 is 1.91 bits per heavy atom. The minimum atomic E-state index is -0.859. The Morgan fingerprint density at radius 1 is 1.19 bits per heavy atom. The molecule has 2 N–H and O–H groups in total. The summed E-state index contributed by atoms with van der Waals surface area (Å²) in [5.41, 5.74) is -0.653. The smallest absolute Gasteiger partial charge is 0.227 e. The number of anilines is 1. The van der Waals surface area contributed by atoms with E-state index >= 15 is 4.39 Å². The van der Waals surface area contributed by atoms with E-state index in [1.54, 1.807) is 11.8 Å². The van der Waals surface area contributed by atoms with Crippen molar-refractivity contribution in [2.45, 2.75) is 6.92 Å². The lowest BCUT2D eigenvalue weighted by atomic mass is 10.0. The minimum absolute atomic E-state index is 0.0514. The number of carbonyl (C=O) groups is 1. The Morgan fingerprint density at radius 3 is 2.56 bits per heavy atom. The van der Waals surface area contributed by atoms with E-state index in [1.807, 2.05) is 4.90 Å². The fourth-order valence-corrected chi connectivity index (χ4v) is 4.17. The molecule has 2 aromatic carbocycles. The standard InChI is InChI=1S/C22H21ClF2N4O3/c1-12(10-30)22(32)29-7-5-28(6-8-29)21-13-9-14(23)17(19(25)20(13)26-11-27-21)18-15(24)3-2-4-16(18)31/h2-4,9,11-12,30-31H,5-8,10H2,1H3. The summed E-state index contributed by atoms with van der Waals surface area (Å²) in [7, 11) is 0. The molecule has 0 aliphatic carbocycles. The quantitative estimate of drug-likeness (QED) is 0.619. The lowest BCUT2D eigenvalue weighted by Crippen LogP contribution is -2.50. The van der Waals surface area contributed by atoms with Crippen molar-refractivity contribution in [3.63, 3.8) is 0 Å². The van der Waals surface area contributed by atoms with Crippen molar-refractivity contribution in [3.8, 4) is 16.9 Å². The molecular formula is C22H21ClF2N4O3. The van der Waals surface area contributed by atoms with Crippen LogP contribution in [-0.4, -0.2) is 63.8 Å². The van der Waals surface area contributed by atoms with Crippen molar-refractivity contribution in [1.82, 2.24) is 14.9 Å². The molecule has 3 aromatic rings. The van der Waals surface area contributed by atoms with Crippen molar-refractivity contribution in [1.29, 1.82) is 0 Å². The molecule has 168 valence electrons. The van der Waals surface area contributed by atoms with E-state index in [4.69, 9.17) is 11.6 Å². The fourth-order valence-electron chi connectivity index (χ4n) is 3.89. The van der Waals surface area contributed by atoms with Gasteiger partial charge in [0.1, 0.15) is 29.2 Å². The topological polar surface area (TPSA) is 89.8 Å². The number of amides is 1. The van der Waals surface area contributed by atoms with E-state index in [2.05, 4.69) is 9.97 Å². The van der Waals surface area contributed by atoms with Crippen molar-refractivity contribution >= 4 is 34.2 Å². The number of hydrogen-bond donors (Lipinski definition) is 2. The highest BCUT2D eigenvalue weighted by molar-refractivity contribution is 6.34. The predicted octanol–water partition coefficient (Wildman–Crippen LogP) is 3.21. The van der Waals surface area contributed by atoms with E-state index in [9.17, 15) is 19.4 Å². The number of hydrogen-bond acceptors (Lipinski definition) is 6. The summed E-state index contributed by atoms with van der Waals surface area (Å²) in [5.74, 6) is -2.25. The Bertz CT molecular complexity index is 1170. The number of nitrogens with zero attached hydrogens (tertiary/aromatic N) is 4. The minimum Gasteiger partial charge on any atom is -0.507 e. The average molecular weight is 463 g/mol. The Hall–Kier alpha value is -3.04. The van der Waals surface area contributed by atoms with Crippen LogP contribution >= 0.6 is 11.6 Å². The second-order valence-electron chi connectivity index (χ2n) is 7.67. The zero-order valence-corrected chi connectivity index (χ0v) is 18.0. The van der Waals surface area contributed by atoms with Gasteiger partial charge in [-0.25, -0.2) is 18.7 Å². The maximum Gasteiger partial charge on any atom is 0.227 e. The molecule has 1 atom stereocenters. The third-order valence-electron chi connectivity index (χ3n) is 5.63. The number of aliphatic hydroxyl groups excluding tert-OH is 1. The van der Waals surface area contributed by atoms with E-state index in [0.717, 1.165) is 6.07 Å². The number of halogens is 3. The molecule has 10 heteroatoms. The summed E-state index contributed by atoms with van der Waals surface area (Å²) in [6, 6.07) is 5.13. The maximum atomic E-state index is 15.5. The zero-order chi connectivity index (χ0) is 23.0. The van der Waals surface area contributed by atoms with Gasteiger partial charge in [0.05, 0.1) is 23.1 Å². The Kier molecular flexibility index (Phi) is 6.12. The predicted molar refractivity (Wildman–Crippen MR) is 117 cm³/mol. The molecule has 1 fully saturated rings. The van der Waals surface area contributed by atoms with Gasteiger partial charge >= 0.3 is 0 Å². The lowest BCUT2D eigenvalue weighted by Gasteiger charge is -2.36. The number of aliphatic hydroxyl groups is 1. The van der Waals surface area contributed by atoms with E-state index in [0.29, 0.717) is 37.4 Å². The van der Waals surface area contributed by atoms with Crippen molar-refractivity contribution in [2.24, 2.45) is 5.92 Å². The fraction of sp³-hybridized carbons (Fsp3) is 0.318. The SMILES string of the molecule is CC(CO)C(=O)N1CCN(c2ncnc3c(F)c(-c4c(O)cccc4F)c(Cl)cc23)CC1. The number of aromatic nitrogens is 2. The molecule has 4 rings (SSSR count). The highest BCUT2D eigenvalue weighted by Gasteiger charge is 2.28. The summed E-state index contributed by atoms with van der Waals surface area (Å²) in [4.78, 5) is 24.2. The third-order valence-corrected chi connectivity index (χ3v) is 5.93. The van der Waals surface area contributed by atoms with Gasteiger partial charge in [0.25, 0.3) is 0 Å². The van der Waals surface area contributed by atoms with Gasteiger partial charge in [-0.1, -0.05) is 24.6 Å². The first-order valence-corrected chi connectivity index (χ1v) is 10.5. The highest BCUT2D eigenvalue weighted by atomic mass is 35.5. The number of aromatic hydroxyl groups is 1. The molecule has 1 saturated heterocycles. The summed E-state index contributed by atoms with van der Waals surface area (Å²) < 4.78 is 29.8. The van der Waals surface area contributed by atoms with Gasteiger partial charge < -0.3 is 20.0 Å². The number of phenolic OH excluding ortho intramolecular Hbond substituents is 1. The van der Waals surface area contributed by atoms with Gasteiger partial charge in [-0.15, -0.1) is 0 Å². The van der Waals surface area contributed by atoms with Crippen LogP contribution in [0, 0.1) is 17.6 Å². The molecule has 1 unspecified atom stereocenters. The molecule has 1 aliphatic rings. The molecule has 2 heterocycles. The molecule has 32 heavy (non-hydrogen) atoms. The van der Waals surface area contributed by atoms with Crippen LogP contribution in [0.4, 0.5) is 14.6 Å². The zero-order valence-electron chi connectivity index (χ0n) is 17.2. The normalized spacial score (nSPS) is 15.3. The molecule has 0 radical (unpaired) electrons. The van der Waals surface area contributed by atoms with Gasteiger partial charge in [-0.3, -0.25) is 4.79 Å². The third kappa shape index (κ3) is 3.82. The van der Waals surface area contributed by atoms with Crippen LogP contribution in [0.25, 0.3) is 22.0 Å². The van der Waals surface area contributed by atoms with Crippen LogP contribution in [0.5, 0.6) is 5.75 Å². The van der Waals surface area contributed by atoms with Crippen LogP contribution in [0.2, 0.25) is 5.02 Å². The van der Waals surface area contributed by atoms with Gasteiger partial charge in [-0.05, 0) is 18.2 Å². The van der Waals surface area contributed by atoms with Gasteiger partial charge in [-0.2, -0.15) is 0 Å². The summed E-state index contributed by atoms with van der Waals surface area (Å²) >= 11 is 6.34. The van der Waals surface area contributed by atoms with Crippen LogP contribution in [0.1, 0.15) is 6.92 Å². The second-order valence-corrected chi connectivity index (χ2v) is 8.08. The molecule has 0 spiro atoms. The Labute approximate surface area is 187 Å². The molecule has 7 nitrogen and oxygen atoms in total. The number of benzene rings is 2. The molecule has 0 saturated carbocycles. The first-order chi connectivity index (χ1) is 15.3. The van der Waals surface area contributed by atoms with Crippen molar-refractivity contribution in [2.75, 3.05) is 37.7 Å². The maximum absolute atomic E-state index is 15.5. The second kappa shape index (κ2) is 8.84. The van der Waals surface area contributed by atoms with E-state index in [1.165, 1.54) is 24.5 Å². The van der Waals surface area contributed by atoms with Gasteiger partial charge in [0.15, 0.2) is 5.82 Å². The lowest BCUT2D eigenvalue weighted by molar-refractivity contribution is -0.136. The summed E-state index contributed by atoms with van der Waals surface area (Å²) in [6.07, 6.45) is 1.21. The van der Waals surface area contributed by atoms with Crippen LogP contribution < -0.4 is 4.90 Å². The van der Waals surface area contributed by atoms with Crippen LogP contribution in [0.3, 0.4) is 0 Å². The van der Waals surface area contributed by atoms with E-state index in [-0.39, 0.29) is 34.2 Å². The number of carbonyl (C=O) groups excluding carboxylic acids is 1. The first-order valence-electron chi connectivity index (χ1n) is 10.1. The number of piperazine rings is 1. The van der Waals surface area contributed by atoms with Gasteiger partial charge in [0.2, 0.25) is 5.91 Å². The number of phenols is 1. The molecule has 0 bridgehead atoms. The van der Waals surface area contributed by atoms with Crippen LogP contribution in [-0.2, 0) is 4.79 Å². The largest absolute Gasteiger partial charge is 0.507 e. The van der Waals surface area contributed by atoms with Crippen molar-refractivity contribution in [3.05, 3.63) is 47.2 Å². The van der Waals surface area contributed by atoms with E-state index < -0.39 is 23.3 Å². The molecular weight excluding hydrogens is 442 g/mol. The molecule has 1 amide bonds. The van der Waals surface area contributed by atoms with Gasteiger partial charge in [0, 0.05) is 37.1 Å². The van der Waals surface area contributed by atoms with Crippen LogP contribution in [0.15, 0.2) is 30.6 Å². The molecule has 1 aromatic heterocycles. The number of rotatable bonds is 4. The summed E-state index contributed by atoms with van der Waals surface area (Å²) in [6.45, 7) is 3.20. The monoisotopic (exact) mass is 462 g/mol. The first kappa shape index (κ1) is 22.2. The molecule has 1 aliphatic heterocycles. The number of fused-ring (bicyclic) bond motifs is 1.